The van der Waals surface area contributed by atoms with Gasteiger partial charge in [-0.3, -0.25) is 0 Å². The minimum atomic E-state index is -0.676. The fourth-order valence-electron chi connectivity index (χ4n) is 2.22. The van der Waals surface area contributed by atoms with Gasteiger partial charge in [0.25, 0.3) is 11.9 Å². The number of anilines is 3. The van der Waals surface area contributed by atoms with Crippen LogP contribution in [0.15, 0.2) is 50.6 Å². The van der Waals surface area contributed by atoms with Gasteiger partial charge in [-0.05, 0) is 0 Å². The van der Waals surface area contributed by atoms with Crippen molar-refractivity contribution in [1.29, 1.82) is 0 Å². The van der Waals surface area contributed by atoms with Crippen LogP contribution in [0.1, 0.15) is 0 Å². The molecule has 0 bridgehead atoms. The van der Waals surface area contributed by atoms with Crippen molar-refractivity contribution in [2.24, 2.45) is 0 Å². The van der Waals surface area contributed by atoms with E-state index in [2.05, 4.69) is 46.6 Å². The van der Waals surface area contributed by atoms with E-state index in [-0.39, 0.29) is 70.7 Å². The van der Waals surface area contributed by atoms with E-state index in [1.165, 1.54) is 7.05 Å². The van der Waals surface area contributed by atoms with Crippen LogP contribution in [0, 0.1) is 0 Å². The van der Waals surface area contributed by atoms with Crippen molar-refractivity contribution in [3.8, 4) is 0 Å². The van der Waals surface area contributed by atoms with Crippen LogP contribution >= 0.6 is 0 Å². The second-order valence-electron chi connectivity index (χ2n) is 6.84. The van der Waals surface area contributed by atoms with E-state index in [4.69, 9.17) is 38.3 Å². The second kappa shape index (κ2) is 20.9. The summed E-state index contributed by atoms with van der Waals surface area (Å²) in [5.41, 5.74) is 0. The lowest BCUT2D eigenvalue weighted by Gasteiger charge is -2.24. The van der Waals surface area contributed by atoms with Gasteiger partial charge in [0.1, 0.15) is 52.9 Å². The van der Waals surface area contributed by atoms with E-state index >= 15 is 0 Å². The van der Waals surface area contributed by atoms with Crippen molar-refractivity contribution in [1.82, 2.24) is 15.0 Å². The molecule has 0 aliphatic rings. The maximum absolute atomic E-state index is 11.3. The molecule has 0 fully saturated rings. The molecule has 0 unspecified atom stereocenters. The lowest BCUT2D eigenvalue weighted by molar-refractivity contribution is -0.148. The topological polar surface area (TPSA) is 199 Å². The summed E-state index contributed by atoms with van der Waals surface area (Å²) in [6.07, 6.45) is 3.91. The number of hydrogen-bond acceptors (Lipinski definition) is 18. The number of aromatic nitrogens is 3. The maximum Gasteiger partial charge on any atom is 0.330 e. The molecule has 0 radical (unpaired) electrons. The monoisotopic (exact) mass is 596 g/mol. The first-order valence-electron chi connectivity index (χ1n) is 12.0. The van der Waals surface area contributed by atoms with E-state index in [0.717, 1.165) is 34.8 Å². The number of rotatable bonds is 23. The first-order valence-corrected chi connectivity index (χ1v) is 12.0. The summed E-state index contributed by atoms with van der Waals surface area (Å²) in [7, 11) is 1.51. The Morgan fingerprint density at radius 1 is 0.571 bits per heavy atom. The average molecular weight is 597 g/mol. The molecule has 0 spiro atoms. The third-order valence-corrected chi connectivity index (χ3v) is 3.97. The third kappa shape index (κ3) is 14.5. The second-order valence-corrected chi connectivity index (χ2v) is 6.84. The Bertz CT molecular complexity index is 952. The molecule has 0 aliphatic heterocycles. The molecule has 230 valence electrons. The molecule has 1 rings (SSSR count). The predicted molar refractivity (Wildman–Crippen MR) is 143 cm³/mol. The van der Waals surface area contributed by atoms with Crippen LogP contribution in [0.5, 0.6) is 0 Å². The molecule has 0 saturated carbocycles. The van der Waals surface area contributed by atoms with Gasteiger partial charge in [-0.25, -0.2) is 38.5 Å². The first-order chi connectivity index (χ1) is 20.3. The van der Waals surface area contributed by atoms with Gasteiger partial charge in [-0.1, -0.05) is 36.8 Å². The fourth-order valence-corrected chi connectivity index (χ4v) is 2.22. The zero-order chi connectivity index (χ0) is 31.2. The molecular formula is C24H32N6O12. The van der Waals surface area contributed by atoms with Gasteiger partial charge in [-0.15, -0.1) is 0 Å². The van der Waals surface area contributed by atoms with E-state index in [0.29, 0.717) is 0 Å². The Morgan fingerprint density at radius 2 is 0.857 bits per heavy atom. The average Bonchev–Trinajstić information content (AvgIpc) is 3.01. The van der Waals surface area contributed by atoms with Crippen LogP contribution in [0.25, 0.3) is 0 Å². The van der Waals surface area contributed by atoms with Crippen LogP contribution in [0.3, 0.4) is 0 Å². The smallest absolute Gasteiger partial charge is 0.330 e. The van der Waals surface area contributed by atoms with Crippen molar-refractivity contribution < 1.29 is 57.5 Å². The molecule has 42 heavy (non-hydrogen) atoms. The Hall–Kier alpha value is -4.91. The molecule has 0 saturated heterocycles. The predicted octanol–water partition coefficient (Wildman–Crippen LogP) is 0.169. The molecule has 0 amide bonds. The number of hydrogen-bond donors (Lipinski definition) is 1. The Labute approximate surface area is 240 Å². The minimum Gasteiger partial charge on any atom is -0.460 e. The van der Waals surface area contributed by atoms with Crippen LogP contribution in [0.2, 0.25) is 0 Å². The number of esters is 4. The fraction of sp³-hybridized carbons (Fsp3) is 0.375. The van der Waals surface area contributed by atoms with Crippen molar-refractivity contribution in [3.05, 3.63) is 50.6 Å². The van der Waals surface area contributed by atoms with Gasteiger partial charge in [0.05, 0.1) is 0 Å². The summed E-state index contributed by atoms with van der Waals surface area (Å²) in [6.45, 7) is 11.5. The van der Waals surface area contributed by atoms with E-state index in [1.54, 1.807) is 0 Å². The Morgan fingerprint density at radius 3 is 1.10 bits per heavy atom. The highest BCUT2D eigenvalue weighted by molar-refractivity contribution is 5.82. The summed E-state index contributed by atoms with van der Waals surface area (Å²) in [5.74, 6) is -3.24. The third-order valence-electron chi connectivity index (χ3n) is 3.97. The summed E-state index contributed by atoms with van der Waals surface area (Å²) >= 11 is 0. The van der Waals surface area contributed by atoms with E-state index < -0.39 is 23.9 Å². The lowest BCUT2D eigenvalue weighted by atomic mass is 10.6. The molecule has 0 aliphatic carbocycles. The standard InChI is InChI=1S/C24H32N6O12/c1-6-18(31)35-10-14-39-29(40-15-11-36-19(32)7-2)23-26-22(25-5)27-24(28-23)30(41-16-12-37-20(33)8-3)42-17-13-38-21(34)9-4/h6-9H,1-4,10-17H2,5H3,(H,25,26,27,28). The number of nitrogens with one attached hydrogen (secondary N) is 1. The maximum atomic E-state index is 11.3. The zero-order valence-electron chi connectivity index (χ0n) is 22.9. The van der Waals surface area contributed by atoms with Crippen molar-refractivity contribution in [3.63, 3.8) is 0 Å². The molecular weight excluding hydrogens is 564 g/mol. The number of carbonyl (C=O) groups is 4. The minimum absolute atomic E-state index is 0.0169. The molecule has 1 aromatic heterocycles. The van der Waals surface area contributed by atoms with Crippen LogP contribution in [-0.2, 0) is 57.5 Å². The van der Waals surface area contributed by atoms with Gasteiger partial charge in [0, 0.05) is 31.4 Å². The lowest BCUT2D eigenvalue weighted by Crippen LogP contribution is -2.33. The SMILES string of the molecule is C=CC(=O)OCCON(OCCOC(=O)C=C)c1nc(NC)nc(N(OCCOC(=O)C=C)OCCOC(=O)C=C)n1. The molecule has 0 atom stereocenters. The summed E-state index contributed by atoms with van der Waals surface area (Å²) < 4.78 is 19.5. The van der Waals surface area contributed by atoms with E-state index in [1.807, 2.05) is 0 Å². The van der Waals surface area contributed by atoms with Gasteiger partial charge >= 0.3 is 23.9 Å². The Balaban J connectivity index is 3.17. The van der Waals surface area contributed by atoms with Gasteiger partial charge in [0.2, 0.25) is 5.95 Å². The molecule has 0 aromatic carbocycles. The van der Waals surface area contributed by atoms with Crippen LogP contribution < -0.4 is 15.8 Å². The largest absolute Gasteiger partial charge is 0.460 e. The number of ether oxygens (including phenoxy) is 4. The molecule has 18 nitrogen and oxygen atoms in total. The number of nitrogens with zero attached hydrogens (tertiary/aromatic N) is 5. The van der Waals surface area contributed by atoms with Gasteiger partial charge < -0.3 is 24.3 Å². The summed E-state index contributed by atoms with van der Waals surface area (Å²) in [5, 5.41) is 4.23. The molecule has 18 heteroatoms. The quantitative estimate of drug-likeness (QED) is 0.0588. The highest BCUT2D eigenvalue weighted by Gasteiger charge is 2.21. The number of carbonyl (C=O) groups excluding carboxylic acids is 4. The van der Waals surface area contributed by atoms with Crippen molar-refractivity contribution in [2.75, 3.05) is 75.7 Å². The molecule has 1 aromatic rings. The normalized spacial score (nSPS) is 10.0. The van der Waals surface area contributed by atoms with Crippen molar-refractivity contribution in [2.45, 2.75) is 0 Å². The molecule has 1 N–H and O–H groups in total. The first kappa shape index (κ1) is 35.1. The molecule has 1 heterocycles. The van der Waals surface area contributed by atoms with Crippen LogP contribution in [0.4, 0.5) is 17.8 Å². The van der Waals surface area contributed by atoms with E-state index in [9.17, 15) is 19.2 Å². The zero-order valence-corrected chi connectivity index (χ0v) is 22.9. The highest BCUT2D eigenvalue weighted by Crippen LogP contribution is 2.18. The van der Waals surface area contributed by atoms with Crippen LogP contribution in [-0.4, -0.2) is 98.7 Å². The van der Waals surface area contributed by atoms with Crippen molar-refractivity contribution >= 4 is 41.7 Å². The Kier molecular flexibility index (Phi) is 17.5. The van der Waals surface area contributed by atoms with Gasteiger partial charge in [-0.2, -0.15) is 15.0 Å². The van der Waals surface area contributed by atoms with Gasteiger partial charge in [0.15, 0.2) is 0 Å². The summed E-state index contributed by atoms with van der Waals surface area (Å²) in [6, 6.07) is 0. The highest BCUT2D eigenvalue weighted by atomic mass is 17.0. The summed E-state index contributed by atoms with van der Waals surface area (Å²) in [4.78, 5) is 79.7.